The Hall–Kier alpha value is -2.45. The van der Waals surface area contributed by atoms with Crippen LogP contribution < -0.4 is 9.61 Å². The van der Waals surface area contributed by atoms with Crippen molar-refractivity contribution in [1.82, 2.24) is 14.8 Å². The van der Waals surface area contributed by atoms with Crippen LogP contribution in [0, 0.1) is 6.92 Å². The van der Waals surface area contributed by atoms with Gasteiger partial charge in [0.1, 0.15) is 17.5 Å². The number of rotatable bonds is 8. The number of carboxylic acid groups (broad SMARTS) is 1. The minimum Gasteiger partial charge on any atom is -0.482 e. The third kappa shape index (κ3) is 4.51. The van der Waals surface area contributed by atoms with E-state index in [9.17, 15) is 9.59 Å². The van der Waals surface area contributed by atoms with Crippen molar-refractivity contribution in [2.24, 2.45) is 0 Å². The van der Waals surface area contributed by atoms with Crippen LogP contribution in [0.3, 0.4) is 0 Å². The van der Waals surface area contributed by atoms with Gasteiger partial charge < -0.3 is 9.84 Å². The van der Waals surface area contributed by atoms with Gasteiger partial charge in [0, 0.05) is 12.6 Å². The number of thiazole rings is 1. The Morgan fingerprint density at radius 2 is 2.14 bits per heavy atom. The number of aliphatic carboxylic acids is 1. The fourth-order valence-electron chi connectivity index (χ4n) is 2.84. The first-order valence-corrected chi connectivity index (χ1v) is 10.1. The number of ether oxygens (including phenoxy) is 1. The molecule has 0 radical (unpaired) electrons. The molecule has 0 aliphatic rings. The van der Waals surface area contributed by atoms with Crippen LogP contribution in [0.1, 0.15) is 43.7 Å². The number of halogens is 1. The molecule has 0 aliphatic carbocycles. The molecule has 0 aliphatic heterocycles. The maximum atomic E-state index is 12.2. The number of carboxylic acids is 1. The molecule has 3 rings (SSSR count). The number of nitrogens with zero attached hydrogens (tertiary/aromatic N) is 3. The normalized spacial score (nSPS) is 12.2. The van der Waals surface area contributed by atoms with E-state index in [0.29, 0.717) is 21.0 Å². The Balaban J connectivity index is 1.93. The van der Waals surface area contributed by atoms with E-state index in [0.717, 1.165) is 35.6 Å². The molecule has 0 fully saturated rings. The van der Waals surface area contributed by atoms with Gasteiger partial charge in [0.15, 0.2) is 0 Å². The van der Waals surface area contributed by atoms with Gasteiger partial charge in [-0.2, -0.15) is 10.2 Å². The van der Waals surface area contributed by atoms with Gasteiger partial charge in [0.25, 0.3) is 0 Å². The zero-order valence-electron chi connectivity index (χ0n) is 15.5. The average molecular weight is 422 g/mol. The summed E-state index contributed by atoms with van der Waals surface area (Å²) in [6.07, 6.45) is 1.19. The van der Waals surface area contributed by atoms with Crippen LogP contribution in [0.5, 0.6) is 5.75 Å². The van der Waals surface area contributed by atoms with E-state index in [1.54, 1.807) is 12.1 Å². The molecule has 28 heavy (non-hydrogen) atoms. The maximum absolute atomic E-state index is 12.2. The SMILES string of the molecule is CCC[C@H](Oc1cc2sc(=O)n(CCC(=O)O)c2cc1Cl)c1ccc(C)nn1. The van der Waals surface area contributed by atoms with Crippen molar-refractivity contribution < 1.29 is 14.6 Å². The first-order valence-electron chi connectivity index (χ1n) is 8.90. The number of aryl methyl sites for hydroxylation is 2. The predicted molar refractivity (Wildman–Crippen MR) is 108 cm³/mol. The molecule has 9 heteroatoms. The number of hydrogen-bond donors (Lipinski definition) is 1. The maximum Gasteiger partial charge on any atom is 0.308 e. The average Bonchev–Trinajstić information content (AvgIpc) is 2.94. The van der Waals surface area contributed by atoms with E-state index < -0.39 is 5.97 Å². The van der Waals surface area contributed by atoms with E-state index >= 15 is 0 Å². The van der Waals surface area contributed by atoms with Gasteiger partial charge in [-0.25, -0.2) is 0 Å². The molecular weight excluding hydrogens is 402 g/mol. The summed E-state index contributed by atoms with van der Waals surface area (Å²) < 4.78 is 8.26. The summed E-state index contributed by atoms with van der Waals surface area (Å²) in [7, 11) is 0. The fourth-order valence-corrected chi connectivity index (χ4v) is 3.97. The number of benzene rings is 1. The zero-order chi connectivity index (χ0) is 20.3. The second-order valence-electron chi connectivity index (χ2n) is 6.41. The van der Waals surface area contributed by atoms with Crippen LogP contribution in [-0.2, 0) is 11.3 Å². The van der Waals surface area contributed by atoms with Gasteiger partial charge in [-0.3, -0.25) is 14.2 Å². The second-order valence-corrected chi connectivity index (χ2v) is 7.81. The number of carbonyl (C=O) groups is 1. The summed E-state index contributed by atoms with van der Waals surface area (Å²) in [6, 6.07) is 7.14. The largest absolute Gasteiger partial charge is 0.482 e. The molecule has 0 amide bonds. The number of hydrogen-bond acceptors (Lipinski definition) is 6. The van der Waals surface area contributed by atoms with Crippen molar-refractivity contribution >= 4 is 39.1 Å². The summed E-state index contributed by atoms with van der Waals surface area (Å²) >= 11 is 7.46. The van der Waals surface area contributed by atoms with E-state index in [1.807, 2.05) is 19.1 Å². The monoisotopic (exact) mass is 421 g/mol. The van der Waals surface area contributed by atoms with Crippen molar-refractivity contribution in [2.75, 3.05) is 0 Å². The van der Waals surface area contributed by atoms with Crippen LogP contribution in [0.25, 0.3) is 10.2 Å². The first kappa shape index (κ1) is 20.3. The molecule has 0 saturated carbocycles. The summed E-state index contributed by atoms with van der Waals surface area (Å²) in [6.45, 7) is 4.02. The third-order valence-electron chi connectivity index (χ3n) is 4.24. The zero-order valence-corrected chi connectivity index (χ0v) is 17.1. The molecule has 0 saturated heterocycles. The standard InChI is InChI=1S/C19H20ClN3O4S/c1-3-4-15(13-6-5-11(2)21-22-13)27-16-10-17-14(9-12(16)20)23(19(26)28-17)8-7-18(24)25/h5-6,9-10,15H,3-4,7-8H2,1-2H3,(H,24,25)/t15-/m0/s1. The smallest absolute Gasteiger partial charge is 0.308 e. The van der Waals surface area contributed by atoms with Gasteiger partial charge in [-0.05, 0) is 31.5 Å². The molecule has 1 aromatic carbocycles. The first-order chi connectivity index (χ1) is 13.4. The minimum absolute atomic E-state index is 0.0993. The number of fused-ring (bicyclic) bond motifs is 1. The molecule has 3 aromatic rings. The summed E-state index contributed by atoms with van der Waals surface area (Å²) in [5.74, 6) is -0.499. The second kappa shape index (κ2) is 8.70. The van der Waals surface area contributed by atoms with E-state index in [1.165, 1.54) is 4.57 Å². The van der Waals surface area contributed by atoms with Crippen LogP contribution in [-0.4, -0.2) is 25.8 Å². The molecule has 148 valence electrons. The Kier molecular flexibility index (Phi) is 6.31. The Morgan fingerprint density at radius 3 is 2.79 bits per heavy atom. The molecule has 0 unspecified atom stereocenters. The van der Waals surface area contributed by atoms with Gasteiger partial charge in [-0.15, -0.1) is 0 Å². The lowest BCUT2D eigenvalue weighted by Crippen LogP contribution is -2.15. The van der Waals surface area contributed by atoms with E-state index in [2.05, 4.69) is 17.1 Å². The van der Waals surface area contributed by atoms with Gasteiger partial charge in [0.2, 0.25) is 0 Å². The van der Waals surface area contributed by atoms with Crippen molar-refractivity contribution in [3.8, 4) is 5.75 Å². The van der Waals surface area contributed by atoms with Crippen molar-refractivity contribution in [3.63, 3.8) is 0 Å². The molecule has 1 N–H and O–H groups in total. The van der Waals surface area contributed by atoms with E-state index in [4.69, 9.17) is 21.4 Å². The lowest BCUT2D eigenvalue weighted by molar-refractivity contribution is -0.137. The summed E-state index contributed by atoms with van der Waals surface area (Å²) in [4.78, 5) is 22.8. The van der Waals surface area contributed by atoms with Crippen molar-refractivity contribution in [3.05, 3.63) is 50.3 Å². The van der Waals surface area contributed by atoms with Crippen LogP contribution in [0.15, 0.2) is 29.1 Å². The van der Waals surface area contributed by atoms with E-state index in [-0.39, 0.29) is 23.9 Å². The molecule has 1 atom stereocenters. The van der Waals surface area contributed by atoms with Gasteiger partial charge in [-0.1, -0.05) is 36.3 Å². The highest BCUT2D eigenvalue weighted by Gasteiger charge is 2.19. The van der Waals surface area contributed by atoms with Crippen LogP contribution in [0.4, 0.5) is 0 Å². The molecule has 0 spiro atoms. The quantitative estimate of drug-likeness (QED) is 0.585. The van der Waals surface area contributed by atoms with Gasteiger partial charge >= 0.3 is 10.8 Å². The lowest BCUT2D eigenvalue weighted by atomic mass is 10.1. The summed E-state index contributed by atoms with van der Waals surface area (Å²) in [5, 5.41) is 17.5. The molecule has 2 heterocycles. The van der Waals surface area contributed by atoms with Crippen molar-refractivity contribution in [2.45, 2.75) is 45.8 Å². The molecular formula is C19H20ClN3O4S. The fraction of sp³-hybridized carbons (Fsp3) is 0.368. The van der Waals surface area contributed by atoms with Crippen LogP contribution >= 0.6 is 22.9 Å². The molecule has 0 bridgehead atoms. The Bertz CT molecular complexity index is 1050. The highest BCUT2D eigenvalue weighted by molar-refractivity contribution is 7.16. The Morgan fingerprint density at radius 1 is 1.36 bits per heavy atom. The third-order valence-corrected chi connectivity index (χ3v) is 5.48. The van der Waals surface area contributed by atoms with Crippen LogP contribution in [0.2, 0.25) is 5.02 Å². The highest BCUT2D eigenvalue weighted by Crippen LogP contribution is 2.35. The number of aromatic nitrogens is 3. The highest BCUT2D eigenvalue weighted by atomic mass is 35.5. The predicted octanol–water partition coefficient (Wildman–Crippen LogP) is 4.21. The Labute approximate surface area is 170 Å². The lowest BCUT2D eigenvalue weighted by Gasteiger charge is -2.19. The van der Waals surface area contributed by atoms with Crippen molar-refractivity contribution in [1.29, 1.82) is 0 Å². The molecule has 2 aromatic heterocycles. The molecule has 7 nitrogen and oxygen atoms in total. The summed E-state index contributed by atoms with van der Waals surface area (Å²) in [5.41, 5.74) is 2.15. The van der Waals surface area contributed by atoms with Gasteiger partial charge in [0.05, 0.1) is 27.4 Å². The minimum atomic E-state index is -0.959. The topological polar surface area (TPSA) is 94.3 Å².